The van der Waals surface area contributed by atoms with E-state index in [0.29, 0.717) is 0 Å². The number of rotatable bonds is 4. The van der Waals surface area contributed by atoms with Crippen molar-refractivity contribution in [3.8, 4) is 0 Å². The molecule has 0 radical (unpaired) electrons. The van der Waals surface area contributed by atoms with E-state index in [9.17, 15) is 0 Å². The highest BCUT2D eigenvalue weighted by Gasteiger charge is 2.50. The van der Waals surface area contributed by atoms with Crippen LogP contribution in [0.15, 0.2) is 23.2 Å². The van der Waals surface area contributed by atoms with Crippen molar-refractivity contribution in [1.82, 2.24) is 0 Å². The molecule has 0 saturated carbocycles. The van der Waals surface area contributed by atoms with E-state index in [1.165, 1.54) is 11.1 Å². The molecule has 2 nitrogen and oxygen atoms in total. The van der Waals surface area contributed by atoms with Crippen LogP contribution in [0.5, 0.6) is 0 Å². The number of hydrogen-bond donors (Lipinski definition) is 0. The van der Waals surface area contributed by atoms with Crippen LogP contribution in [0.25, 0.3) is 0 Å². The van der Waals surface area contributed by atoms with E-state index in [-0.39, 0.29) is 18.3 Å². The zero-order chi connectivity index (χ0) is 14.0. The first-order valence-corrected chi connectivity index (χ1v) is 6.80. The second kappa shape index (κ2) is 5.62. The Hall–Kier alpha value is -0.535. The van der Waals surface area contributed by atoms with Crippen molar-refractivity contribution >= 4 is 7.12 Å². The Balaban J connectivity index is 2.56. The van der Waals surface area contributed by atoms with Crippen molar-refractivity contribution in [2.45, 2.75) is 72.5 Å². The van der Waals surface area contributed by atoms with Crippen molar-refractivity contribution in [3.63, 3.8) is 0 Å². The third kappa shape index (κ3) is 3.99. The summed E-state index contributed by atoms with van der Waals surface area (Å²) in [6, 6.07) is 0. The molecule has 0 aliphatic carbocycles. The molecule has 1 saturated heterocycles. The van der Waals surface area contributed by atoms with E-state index >= 15 is 0 Å². The summed E-state index contributed by atoms with van der Waals surface area (Å²) in [7, 11) is -0.207. The molecule has 1 fully saturated rings. The van der Waals surface area contributed by atoms with Gasteiger partial charge < -0.3 is 9.31 Å². The molecule has 1 aliphatic rings. The Morgan fingerprint density at radius 2 is 1.50 bits per heavy atom. The van der Waals surface area contributed by atoms with Gasteiger partial charge in [-0.3, -0.25) is 0 Å². The third-order valence-corrected chi connectivity index (χ3v) is 3.78. The van der Waals surface area contributed by atoms with Gasteiger partial charge in [0.15, 0.2) is 0 Å². The molecule has 0 aromatic rings. The van der Waals surface area contributed by atoms with E-state index in [4.69, 9.17) is 9.31 Å². The van der Waals surface area contributed by atoms with Crippen molar-refractivity contribution < 1.29 is 9.31 Å². The molecule has 0 bridgehead atoms. The topological polar surface area (TPSA) is 18.5 Å². The van der Waals surface area contributed by atoms with Crippen LogP contribution in [0.2, 0.25) is 0 Å². The summed E-state index contributed by atoms with van der Waals surface area (Å²) in [4.78, 5) is 0. The van der Waals surface area contributed by atoms with Gasteiger partial charge in [0.05, 0.1) is 11.2 Å². The van der Waals surface area contributed by atoms with E-state index in [1.54, 1.807) is 0 Å². The van der Waals surface area contributed by atoms with Gasteiger partial charge in [0, 0.05) is 0 Å². The minimum absolute atomic E-state index is 0.207. The van der Waals surface area contributed by atoms with Gasteiger partial charge in [-0.05, 0) is 61.3 Å². The highest BCUT2D eigenvalue weighted by Crippen LogP contribution is 2.37. The van der Waals surface area contributed by atoms with Crippen molar-refractivity contribution in [3.05, 3.63) is 23.2 Å². The first-order chi connectivity index (χ1) is 8.14. The fraction of sp³-hybridized carbons (Fsp3) is 0.733. The maximum atomic E-state index is 5.95. The van der Waals surface area contributed by atoms with E-state index in [0.717, 1.165) is 12.8 Å². The summed E-state index contributed by atoms with van der Waals surface area (Å²) in [5, 5.41) is 0. The molecule has 0 aromatic heterocycles. The first-order valence-electron chi connectivity index (χ1n) is 6.80. The summed E-state index contributed by atoms with van der Waals surface area (Å²) >= 11 is 0. The SMILES string of the molecule is CC(C)=CCC/C(C)=C/B1OC(C)(C)C(C)(C)O1. The van der Waals surface area contributed by atoms with Crippen LogP contribution in [0.3, 0.4) is 0 Å². The Bertz CT molecular complexity index is 334. The van der Waals surface area contributed by atoms with Crippen LogP contribution < -0.4 is 0 Å². The highest BCUT2D eigenvalue weighted by atomic mass is 16.7. The molecular formula is C15H27BO2. The van der Waals surface area contributed by atoms with Crippen LogP contribution in [-0.2, 0) is 9.31 Å². The molecule has 1 heterocycles. The van der Waals surface area contributed by atoms with Crippen LogP contribution in [0, 0.1) is 0 Å². The Morgan fingerprint density at radius 3 is 1.94 bits per heavy atom. The number of hydrogen-bond acceptors (Lipinski definition) is 2. The standard InChI is InChI=1S/C15H27BO2/c1-12(2)9-8-10-13(3)11-16-17-14(4,5)15(6,7)18-16/h9,11H,8,10H2,1-7H3/b13-11+. The lowest BCUT2D eigenvalue weighted by molar-refractivity contribution is 0.00578. The van der Waals surface area contributed by atoms with Crippen LogP contribution in [0.4, 0.5) is 0 Å². The Labute approximate surface area is 113 Å². The van der Waals surface area contributed by atoms with Gasteiger partial charge in [0.2, 0.25) is 0 Å². The maximum absolute atomic E-state index is 5.95. The summed E-state index contributed by atoms with van der Waals surface area (Å²) < 4.78 is 11.9. The number of allylic oxidation sites excluding steroid dienone is 3. The van der Waals surface area contributed by atoms with Crippen LogP contribution >= 0.6 is 0 Å². The van der Waals surface area contributed by atoms with Gasteiger partial charge in [-0.25, -0.2) is 0 Å². The van der Waals surface area contributed by atoms with Gasteiger partial charge in [0.1, 0.15) is 0 Å². The van der Waals surface area contributed by atoms with Crippen molar-refractivity contribution in [1.29, 1.82) is 0 Å². The predicted octanol–water partition coefficient (Wildman–Crippen LogP) is 4.31. The molecule has 0 aromatic carbocycles. The lowest BCUT2D eigenvalue weighted by atomic mass is 9.86. The van der Waals surface area contributed by atoms with Crippen LogP contribution in [-0.4, -0.2) is 18.3 Å². The molecular weight excluding hydrogens is 223 g/mol. The lowest BCUT2D eigenvalue weighted by Crippen LogP contribution is -2.41. The molecule has 0 N–H and O–H groups in total. The van der Waals surface area contributed by atoms with Gasteiger partial charge in [0.25, 0.3) is 0 Å². The fourth-order valence-corrected chi connectivity index (χ4v) is 1.86. The molecule has 0 amide bonds. The third-order valence-electron chi connectivity index (χ3n) is 3.78. The Morgan fingerprint density at radius 1 is 1.00 bits per heavy atom. The monoisotopic (exact) mass is 250 g/mol. The molecule has 102 valence electrons. The van der Waals surface area contributed by atoms with Gasteiger partial charge >= 0.3 is 7.12 Å². The summed E-state index contributed by atoms with van der Waals surface area (Å²) in [5.41, 5.74) is 2.22. The first kappa shape index (κ1) is 15.5. The van der Waals surface area contributed by atoms with Crippen molar-refractivity contribution in [2.75, 3.05) is 0 Å². The second-order valence-corrected chi connectivity index (χ2v) is 6.46. The maximum Gasteiger partial charge on any atom is 0.487 e. The second-order valence-electron chi connectivity index (χ2n) is 6.46. The molecule has 0 spiro atoms. The Kier molecular flexibility index (Phi) is 4.85. The zero-order valence-corrected chi connectivity index (χ0v) is 13.0. The average molecular weight is 250 g/mol. The molecule has 3 heteroatoms. The largest absolute Gasteiger partial charge is 0.487 e. The molecule has 0 atom stereocenters. The van der Waals surface area contributed by atoms with E-state index < -0.39 is 0 Å². The molecule has 1 aliphatic heterocycles. The average Bonchev–Trinajstić information content (AvgIpc) is 2.33. The molecule has 1 rings (SSSR count). The molecule has 18 heavy (non-hydrogen) atoms. The van der Waals surface area contributed by atoms with Crippen molar-refractivity contribution in [2.24, 2.45) is 0 Å². The quantitative estimate of drug-likeness (QED) is 0.546. The summed E-state index contributed by atoms with van der Waals surface area (Å²) in [5.74, 6) is 2.11. The van der Waals surface area contributed by atoms with Gasteiger partial charge in [-0.15, -0.1) is 0 Å². The fourth-order valence-electron chi connectivity index (χ4n) is 1.86. The van der Waals surface area contributed by atoms with Gasteiger partial charge in [-0.2, -0.15) is 0 Å². The lowest BCUT2D eigenvalue weighted by Gasteiger charge is -2.32. The highest BCUT2D eigenvalue weighted by molar-refractivity contribution is 6.51. The van der Waals surface area contributed by atoms with E-state index in [1.807, 2.05) is 0 Å². The summed E-state index contributed by atoms with van der Waals surface area (Å²) in [6.07, 6.45) is 4.42. The minimum Gasteiger partial charge on any atom is -0.400 e. The molecule has 0 unspecified atom stereocenters. The van der Waals surface area contributed by atoms with Gasteiger partial charge in [-0.1, -0.05) is 23.2 Å². The summed E-state index contributed by atoms with van der Waals surface area (Å²) in [6.45, 7) is 14.7. The predicted molar refractivity (Wildman–Crippen MR) is 78.5 cm³/mol. The smallest absolute Gasteiger partial charge is 0.400 e. The zero-order valence-electron chi connectivity index (χ0n) is 13.0. The van der Waals surface area contributed by atoms with E-state index in [2.05, 4.69) is 60.5 Å². The van der Waals surface area contributed by atoms with Crippen LogP contribution in [0.1, 0.15) is 61.3 Å². The minimum atomic E-state index is -0.242. The normalized spacial score (nSPS) is 22.2.